The van der Waals surface area contributed by atoms with Crippen LogP contribution in [0.1, 0.15) is 36.5 Å². The van der Waals surface area contributed by atoms with E-state index in [4.69, 9.17) is 0 Å². The molecule has 0 spiro atoms. The van der Waals surface area contributed by atoms with Crippen molar-refractivity contribution in [1.82, 2.24) is 4.31 Å². The van der Waals surface area contributed by atoms with E-state index in [1.807, 2.05) is 6.92 Å². The molecule has 0 bridgehead atoms. The number of nitrogens with zero attached hydrogens (tertiary/aromatic N) is 2. The maximum Gasteiger partial charge on any atom is 0.271 e. The number of sulfonamides is 1. The van der Waals surface area contributed by atoms with Crippen LogP contribution >= 0.6 is 0 Å². The van der Waals surface area contributed by atoms with Gasteiger partial charge in [-0.2, -0.15) is 4.31 Å². The molecule has 1 atom stereocenters. The molecule has 8 nitrogen and oxygen atoms in total. The molecule has 1 heterocycles. The highest BCUT2D eigenvalue weighted by molar-refractivity contribution is 7.89. The van der Waals surface area contributed by atoms with E-state index in [-0.39, 0.29) is 27.9 Å². The molecular formula is C19H21N3O5S. The third-order valence-corrected chi connectivity index (χ3v) is 6.81. The molecule has 1 aliphatic heterocycles. The van der Waals surface area contributed by atoms with Gasteiger partial charge in [0.25, 0.3) is 11.6 Å². The summed E-state index contributed by atoms with van der Waals surface area (Å²) in [5.41, 5.74) is 0.421. The first kappa shape index (κ1) is 20.0. The third-order valence-electron chi connectivity index (χ3n) is 4.78. The number of piperidine rings is 1. The highest BCUT2D eigenvalue weighted by Crippen LogP contribution is 2.25. The number of hydrogen-bond donors (Lipinski definition) is 1. The Morgan fingerprint density at radius 3 is 2.54 bits per heavy atom. The van der Waals surface area contributed by atoms with Crippen molar-refractivity contribution in [3.05, 3.63) is 64.2 Å². The molecule has 1 amide bonds. The van der Waals surface area contributed by atoms with E-state index < -0.39 is 20.9 Å². The summed E-state index contributed by atoms with van der Waals surface area (Å²) in [6.07, 6.45) is 2.69. The largest absolute Gasteiger partial charge is 0.322 e. The van der Waals surface area contributed by atoms with E-state index in [1.54, 1.807) is 6.07 Å². The zero-order valence-electron chi connectivity index (χ0n) is 15.4. The number of non-ortho nitro benzene ring substituents is 1. The molecule has 1 unspecified atom stereocenters. The van der Waals surface area contributed by atoms with E-state index in [0.29, 0.717) is 6.54 Å². The lowest BCUT2D eigenvalue weighted by Crippen LogP contribution is -2.41. The number of carbonyl (C=O) groups excluding carboxylic acids is 1. The summed E-state index contributed by atoms with van der Waals surface area (Å²) < 4.78 is 27.2. The summed E-state index contributed by atoms with van der Waals surface area (Å²) in [6, 6.07) is 11.3. The second-order valence-corrected chi connectivity index (χ2v) is 8.64. The zero-order valence-corrected chi connectivity index (χ0v) is 16.2. The molecule has 1 N–H and O–H groups in total. The lowest BCUT2D eigenvalue weighted by Gasteiger charge is -2.32. The number of hydrogen-bond acceptors (Lipinski definition) is 5. The minimum atomic E-state index is -3.60. The Morgan fingerprint density at radius 1 is 1.18 bits per heavy atom. The van der Waals surface area contributed by atoms with Crippen LogP contribution in [0.4, 0.5) is 11.4 Å². The van der Waals surface area contributed by atoms with Crippen LogP contribution in [0, 0.1) is 10.1 Å². The SMILES string of the molecule is CC1CCCCN1S(=O)(=O)c1ccc(C(=O)Nc2cccc([N+](=O)[O-])c2)cc1. The van der Waals surface area contributed by atoms with Crippen molar-refractivity contribution in [2.45, 2.75) is 37.1 Å². The van der Waals surface area contributed by atoms with Crippen molar-refractivity contribution in [2.24, 2.45) is 0 Å². The second-order valence-electron chi connectivity index (χ2n) is 6.75. The van der Waals surface area contributed by atoms with Crippen LogP contribution in [0.25, 0.3) is 0 Å². The molecule has 1 fully saturated rings. The van der Waals surface area contributed by atoms with Crippen molar-refractivity contribution in [1.29, 1.82) is 0 Å². The first-order valence-corrected chi connectivity index (χ1v) is 10.4. The molecule has 1 aliphatic rings. The Morgan fingerprint density at radius 2 is 1.89 bits per heavy atom. The summed E-state index contributed by atoms with van der Waals surface area (Å²) in [6.45, 7) is 2.40. The maximum absolute atomic E-state index is 12.8. The molecule has 2 aromatic rings. The molecule has 9 heteroatoms. The smallest absolute Gasteiger partial charge is 0.271 e. The molecule has 0 radical (unpaired) electrons. The molecule has 2 aromatic carbocycles. The lowest BCUT2D eigenvalue weighted by molar-refractivity contribution is -0.384. The van der Waals surface area contributed by atoms with Crippen molar-refractivity contribution in [3.63, 3.8) is 0 Å². The molecule has 0 saturated carbocycles. The summed E-state index contributed by atoms with van der Waals surface area (Å²) in [5, 5.41) is 13.4. The summed E-state index contributed by atoms with van der Waals surface area (Å²) in [5.74, 6) is -0.476. The van der Waals surface area contributed by atoms with Crippen LogP contribution in [0.15, 0.2) is 53.4 Å². The van der Waals surface area contributed by atoms with Gasteiger partial charge in [-0.1, -0.05) is 12.5 Å². The van der Waals surface area contributed by atoms with Crippen molar-refractivity contribution >= 4 is 27.3 Å². The van der Waals surface area contributed by atoms with Gasteiger partial charge in [-0.3, -0.25) is 14.9 Å². The van der Waals surface area contributed by atoms with Crippen LogP contribution in [0.5, 0.6) is 0 Å². The predicted octanol–water partition coefficient (Wildman–Crippen LogP) is 3.41. The molecule has 1 saturated heterocycles. The van der Waals surface area contributed by atoms with E-state index in [1.165, 1.54) is 46.8 Å². The van der Waals surface area contributed by atoms with Gasteiger partial charge in [-0.25, -0.2) is 8.42 Å². The third kappa shape index (κ3) is 4.20. The van der Waals surface area contributed by atoms with E-state index in [9.17, 15) is 23.3 Å². The van der Waals surface area contributed by atoms with Crippen LogP contribution < -0.4 is 5.32 Å². The summed E-state index contributed by atoms with van der Waals surface area (Å²) >= 11 is 0. The number of nitro benzene ring substituents is 1. The Hall–Kier alpha value is -2.78. The Labute approximate surface area is 163 Å². The number of amides is 1. The van der Waals surface area contributed by atoms with Gasteiger partial charge in [-0.15, -0.1) is 0 Å². The van der Waals surface area contributed by atoms with E-state index in [2.05, 4.69) is 5.32 Å². The van der Waals surface area contributed by atoms with Gasteiger partial charge in [0.1, 0.15) is 0 Å². The fourth-order valence-electron chi connectivity index (χ4n) is 3.24. The Kier molecular flexibility index (Phi) is 5.76. The van der Waals surface area contributed by atoms with E-state index >= 15 is 0 Å². The van der Waals surface area contributed by atoms with Gasteiger partial charge in [0, 0.05) is 36.0 Å². The molecule has 3 rings (SSSR count). The minimum Gasteiger partial charge on any atom is -0.322 e. The quantitative estimate of drug-likeness (QED) is 0.608. The molecule has 0 aliphatic carbocycles. The lowest BCUT2D eigenvalue weighted by atomic mass is 10.1. The second kappa shape index (κ2) is 8.07. The monoisotopic (exact) mass is 403 g/mol. The standard InChI is InChI=1S/C19H21N3O5S/c1-14-5-2-3-12-21(14)28(26,27)18-10-8-15(9-11-18)19(23)20-16-6-4-7-17(13-16)22(24)25/h4,6-11,13-14H,2-3,5,12H2,1H3,(H,20,23). The average molecular weight is 403 g/mol. The van der Waals surface area contributed by atoms with Gasteiger partial charge in [0.05, 0.1) is 9.82 Å². The molecule has 0 aromatic heterocycles. The van der Waals surface area contributed by atoms with Gasteiger partial charge >= 0.3 is 0 Å². The fourth-order valence-corrected chi connectivity index (χ4v) is 4.94. The zero-order chi connectivity index (χ0) is 20.3. The molecule has 148 valence electrons. The Balaban J connectivity index is 1.76. The number of anilines is 1. The van der Waals surface area contributed by atoms with Crippen molar-refractivity contribution < 1.29 is 18.1 Å². The highest BCUT2D eigenvalue weighted by atomic mass is 32.2. The number of nitrogens with one attached hydrogen (secondary N) is 1. The number of carbonyl (C=O) groups is 1. The topological polar surface area (TPSA) is 110 Å². The van der Waals surface area contributed by atoms with Crippen LogP contribution in [-0.4, -0.2) is 36.1 Å². The van der Waals surface area contributed by atoms with Crippen LogP contribution in [0.3, 0.4) is 0 Å². The predicted molar refractivity (Wildman–Crippen MR) is 105 cm³/mol. The van der Waals surface area contributed by atoms with Gasteiger partial charge in [-0.05, 0) is 50.1 Å². The number of benzene rings is 2. The number of rotatable bonds is 5. The van der Waals surface area contributed by atoms with E-state index in [0.717, 1.165) is 19.3 Å². The van der Waals surface area contributed by atoms with Crippen molar-refractivity contribution in [3.8, 4) is 0 Å². The average Bonchev–Trinajstić information content (AvgIpc) is 2.68. The molecule has 28 heavy (non-hydrogen) atoms. The maximum atomic E-state index is 12.8. The first-order valence-electron chi connectivity index (χ1n) is 8.97. The van der Waals surface area contributed by atoms with Gasteiger partial charge in [0.2, 0.25) is 10.0 Å². The van der Waals surface area contributed by atoms with Crippen molar-refractivity contribution in [2.75, 3.05) is 11.9 Å². The first-order chi connectivity index (χ1) is 13.3. The van der Waals surface area contributed by atoms with Gasteiger partial charge in [0.15, 0.2) is 0 Å². The molecular weight excluding hydrogens is 382 g/mol. The normalized spacial score (nSPS) is 17.8. The van der Waals surface area contributed by atoms with Gasteiger partial charge < -0.3 is 5.32 Å². The van der Waals surface area contributed by atoms with Crippen LogP contribution in [0.2, 0.25) is 0 Å². The summed E-state index contributed by atoms with van der Waals surface area (Å²) in [7, 11) is -3.60. The van der Waals surface area contributed by atoms with Crippen LogP contribution in [-0.2, 0) is 10.0 Å². The Bertz CT molecular complexity index is 989. The fraction of sp³-hybridized carbons (Fsp3) is 0.316. The summed E-state index contributed by atoms with van der Waals surface area (Å²) in [4.78, 5) is 22.8. The minimum absolute atomic E-state index is 0.0457. The highest BCUT2D eigenvalue weighted by Gasteiger charge is 2.30. The number of nitro groups is 1.